The second kappa shape index (κ2) is 12.4. The van der Waals surface area contributed by atoms with Crippen molar-refractivity contribution in [3.8, 4) is 11.5 Å². The first-order chi connectivity index (χ1) is 15.3. The van der Waals surface area contributed by atoms with Gasteiger partial charge in [0.15, 0.2) is 17.5 Å². The van der Waals surface area contributed by atoms with Crippen molar-refractivity contribution in [1.82, 2.24) is 15.5 Å². The van der Waals surface area contributed by atoms with Gasteiger partial charge in [-0.3, -0.25) is 0 Å². The van der Waals surface area contributed by atoms with Crippen molar-refractivity contribution in [2.24, 2.45) is 10.9 Å². The molecular formula is C24H40N4O4. The second-order valence-electron chi connectivity index (χ2n) is 9.03. The normalized spacial score (nSPS) is 17.0. The minimum Gasteiger partial charge on any atom is -0.493 e. The van der Waals surface area contributed by atoms with E-state index in [0.717, 1.165) is 57.0 Å². The van der Waals surface area contributed by atoms with E-state index in [1.807, 2.05) is 50.8 Å². The van der Waals surface area contributed by atoms with Gasteiger partial charge in [0.05, 0.1) is 20.8 Å². The van der Waals surface area contributed by atoms with Crippen LogP contribution in [0, 0.1) is 5.92 Å². The van der Waals surface area contributed by atoms with Gasteiger partial charge in [-0.25, -0.2) is 9.79 Å². The third-order valence-corrected chi connectivity index (χ3v) is 5.23. The van der Waals surface area contributed by atoms with Crippen LogP contribution in [0.1, 0.15) is 52.5 Å². The predicted octanol–water partition coefficient (Wildman–Crippen LogP) is 3.80. The fourth-order valence-corrected chi connectivity index (χ4v) is 3.68. The molecule has 0 aromatic heterocycles. The van der Waals surface area contributed by atoms with E-state index in [9.17, 15) is 4.79 Å². The summed E-state index contributed by atoms with van der Waals surface area (Å²) in [5, 5.41) is 6.71. The Morgan fingerprint density at radius 1 is 1.19 bits per heavy atom. The van der Waals surface area contributed by atoms with Crippen LogP contribution in [0.5, 0.6) is 11.5 Å². The van der Waals surface area contributed by atoms with Gasteiger partial charge in [0.1, 0.15) is 5.60 Å². The van der Waals surface area contributed by atoms with E-state index in [2.05, 4.69) is 10.6 Å². The van der Waals surface area contributed by atoms with Gasteiger partial charge >= 0.3 is 6.09 Å². The number of aliphatic imine (C=N–C) groups is 1. The highest BCUT2D eigenvalue weighted by atomic mass is 16.6. The topological polar surface area (TPSA) is 84.4 Å². The number of hydrogen-bond donors (Lipinski definition) is 2. The van der Waals surface area contributed by atoms with Gasteiger partial charge in [-0.1, -0.05) is 6.07 Å². The van der Waals surface area contributed by atoms with Gasteiger partial charge in [0, 0.05) is 26.2 Å². The van der Waals surface area contributed by atoms with Gasteiger partial charge in [0.2, 0.25) is 0 Å². The Kier molecular flexibility index (Phi) is 9.94. The molecule has 32 heavy (non-hydrogen) atoms. The van der Waals surface area contributed by atoms with E-state index in [1.54, 1.807) is 14.2 Å². The molecule has 1 aliphatic rings. The van der Waals surface area contributed by atoms with E-state index in [4.69, 9.17) is 19.2 Å². The number of piperidine rings is 1. The zero-order chi connectivity index (χ0) is 23.6. The number of carbonyl (C=O) groups excluding carboxylic acids is 1. The zero-order valence-electron chi connectivity index (χ0n) is 20.5. The molecule has 180 valence electrons. The first-order valence-corrected chi connectivity index (χ1v) is 11.5. The van der Waals surface area contributed by atoms with Crippen molar-refractivity contribution in [2.75, 3.05) is 40.4 Å². The summed E-state index contributed by atoms with van der Waals surface area (Å²) in [4.78, 5) is 18.9. The van der Waals surface area contributed by atoms with E-state index in [1.165, 1.54) is 0 Å². The standard InChI is InChI=1S/C24H40N4O4/c1-7-25-22(27-16-19-10-11-20(30-5)21(15-19)31-6)26-13-12-18-9-8-14-28(17-18)23(29)32-24(2,3)4/h10-11,15,18H,7-9,12-14,16-17H2,1-6H3,(H2,25,26,27). The quantitative estimate of drug-likeness (QED) is 0.465. The molecule has 1 aromatic rings. The molecule has 1 aliphatic heterocycles. The lowest BCUT2D eigenvalue weighted by molar-refractivity contribution is 0.0162. The Hall–Kier alpha value is -2.64. The monoisotopic (exact) mass is 448 g/mol. The maximum atomic E-state index is 12.4. The molecule has 1 heterocycles. The zero-order valence-corrected chi connectivity index (χ0v) is 20.5. The Balaban J connectivity index is 1.86. The highest BCUT2D eigenvalue weighted by molar-refractivity contribution is 5.79. The summed E-state index contributed by atoms with van der Waals surface area (Å²) in [6.45, 7) is 11.4. The lowest BCUT2D eigenvalue weighted by Gasteiger charge is -2.34. The molecule has 2 rings (SSSR count). The van der Waals surface area contributed by atoms with Crippen molar-refractivity contribution in [3.05, 3.63) is 23.8 Å². The van der Waals surface area contributed by atoms with Crippen molar-refractivity contribution < 1.29 is 19.0 Å². The highest BCUT2D eigenvalue weighted by Gasteiger charge is 2.27. The molecule has 8 heteroatoms. The lowest BCUT2D eigenvalue weighted by Crippen LogP contribution is -2.44. The molecule has 0 spiro atoms. The largest absolute Gasteiger partial charge is 0.493 e. The maximum Gasteiger partial charge on any atom is 0.410 e. The number of nitrogens with one attached hydrogen (secondary N) is 2. The molecule has 0 radical (unpaired) electrons. The van der Waals surface area contributed by atoms with Crippen LogP contribution in [-0.4, -0.2) is 63.0 Å². The number of ether oxygens (including phenoxy) is 3. The average Bonchev–Trinajstić information content (AvgIpc) is 2.76. The van der Waals surface area contributed by atoms with Gasteiger partial charge in [-0.2, -0.15) is 0 Å². The van der Waals surface area contributed by atoms with Gasteiger partial charge in [-0.15, -0.1) is 0 Å². The van der Waals surface area contributed by atoms with Gasteiger partial charge < -0.3 is 29.7 Å². The fourth-order valence-electron chi connectivity index (χ4n) is 3.68. The molecule has 1 aromatic carbocycles. The number of hydrogen-bond acceptors (Lipinski definition) is 5. The third kappa shape index (κ3) is 8.48. The number of amides is 1. The minimum atomic E-state index is -0.462. The molecule has 0 bridgehead atoms. The number of likely N-dealkylation sites (tertiary alicyclic amines) is 1. The number of methoxy groups -OCH3 is 2. The van der Waals surface area contributed by atoms with E-state index < -0.39 is 5.60 Å². The smallest absolute Gasteiger partial charge is 0.410 e. The first-order valence-electron chi connectivity index (χ1n) is 11.5. The number of guanidine groups is 1. The molecule has 0 aliphatic carbocycles. The SMILES string of the molecule is CCNC(=NCc1ccc(OC)c(OC)c1)NCCC1CCCN(C(=O)OC(C)(C)C)C1. The molecule has 1 atom stereocenters. The Morgan fingerprint density at radius 3 is 2.59 bits per heavy atom. The lowest BCUT2D eigenvalue weighted by atomic mass is 9.95. The van der Waals surface area contributed by atoms with Crippen molar-refractivity contribution in [3.63, 3.8) is 0 Å². The summed E-state index contributed by atoms with van der Waals surface area (Å²) in [7, 11) is 3.26. The molecule has 1 unspecified atom stereocenters. The first kappa shape index (κ1) is 25.6. The van der Waals surface area contributed by atoms with Crippen molar-refractivity contribution in [1.29, 1.82) is 0 Å². The molecule has 0 saturated carbocycles. The van der Waals surface area contributed by atoms with Crippen LogP contribution < -0.4 is 20.1 Å². The third-order valence-electron chi connectivity index (χ3n) is 5.23. The maximum absolute atomic E-state index is 12.4. The highest BCUT2D eigenvalue weighted by Crippen LogP contribution is 2.27. The molecule has 2 N–H and O–H groups in total. The van der Waals surface area contributed by atoms with Crippen LogP contribution in [-0.2, 0) is 11.3 Å². The van der Waals surface area contributed by atoms with E-state index in [-0.39, 0.29) is 6.09 Å². The van der Waals surface area contributed by atoms with Crippen LogP contribution in [0.15, 0.2) is 23.2 Å². The Morgan fingerprint density at radius 2 is 1.94 bits per heavy atom. The summed E-state index contributed by atoms with van der Waals surface area (Å²) >= 11 is 0. The summed E-state index contributed by atoms with van der Waals surface area (Å²) < 4.78 is 16.2. The second-order valence-corrected chi connectivity index (χ2v) is 9.03. The van der Waals surface area contributed by atoms with Gasteiger partial charge in [0.25, 0.3) is 0 Å². The predicted molar refractivity (Wildman–Crippen MR) is 128 cm³/mol. The van der Waals surface area contributed by atoms with E-state index in [0.29, 0.717) is 24.0 Å². The van der Waals surface area contributed by atoms with Crippen LogP contribution in [0.25, 0.3) is 0 Å². The summed E-state index contributed by atoms with van der Waals surface area (Å²) in [6, 6.07) is 5.82. The number of carbonyl (C=O) groups is 1. The van der Waals surface area contributed by atoms with Crippen LogP contribution in [0.2, 0.25) is 0 Å². The summed E-state index contributed by atoms with van der Waals surface area (Å²) in [6.07, 6.45) is 2.90. The van der Waals surface area contributed by atoms with Crippen LogP contribution in [0.4, 0.5) is 4.79 Å². The summed E-state index contributed by atoms with van der Waals surface area (Å²) in [5.41, 5.74) is 0.580. The minimum absolute atomic E-state index is 0.208. The van der Waals surface area contributed by atoms with Crippen molar-refractivity contribution in [2.45, 2.75) is 59.1 Å². The van der Waals surface area contributed by atoms with Crippen LogP contribution in [0.3, 0.4) is 0 Å². The molecule has 1 saturated heterocycles. The number of benzene rings is 1. The fraction of sp³-hybridized carbons (Fsp3) is 0.667. The Labute approximate surface area is 192 Å². The van der Waals surface area contributed by atoms with Crippen molar-refractivity contribution >= 4 is 12.1 Å². The number of nitrogens with zero attached hydrogens (tertiary/aromatic N) is 2. The molecule has 1 fully saturated rings. The average molecular weight is 449 g/mol. The molecular weight excluding hydrogens is 408 g/mol. The molecule has 8 nitrogen and oxygen atoms in total. The summed E-state index contributed by atoms with van der Waals surface area (Å²) in [5.74, 6) is 2.64. The van der Waals surface area contributed by atoms with Crippen LogP contribution >= 0.6 is 0 Å². The number of rotatable bonds is 8. The van der Waals surface area contributed by atoms with E-state index >= 15 is 0 Å². The Bertz CT molecular complexity index is 761. The molecule has 1 amide bonds. The van der Waals surface area contributed by atoms with Gasteiger partial charge in [-0.05, 0) is 70.6 Å².